The number of hydrogen-bond acceptors (Lipinski definition) is 5. The van der Waals surface area contributed by atoms with Crippen LogP contribution in [0.4, 0.5) is 5.13 Å². The fourth-order valence-electron chi connectivity index (χ4n) is 3.93. The lowest BCUT2D eigenvalue weighted by Gasteiger charge is -2.07. The summed E-state index contributed by atoms with van der Waals surface area (Å²) < 4.78 is 3.14. The third-order valence-corrected chi connectivity index (χ3v) is 6.31. The van der Waals surface area contributed by atoms with Gasteiger partial charge in [-0.25, -0.2) is 15.0 Å². The summed E-state index contributed by atoms with van der Waals surface area (Å²) in [4.78, 5) is 26.9. The molecule has 6 aromatic rings. The summed E-state index contributed by atoms with van der Waals surface area (Å²) in [5.74, 6) is -0.0706. The number of aryl methyl sites for hydroxylation is 1. The Balaban J connectivity index is 1.34. The van der Waals surface area contributed by atoms with E-state index in [4.69, 9.17) is 9.97 Å². The van der Waals surface area contributed by atoms with E-state index in [1.165, 1.54) is 11.3 Å². The molecule has 6 rings (SSSR count). The van der Waals surface area contributed by atoms with Crippen LogP contribution in [0.2, 0.25) is 0 Å². The molecule has 0 radical (unpaired) electrons. The number of hydrogen-bond donors (Lipinski definition) is 1. The lowest BCUT2D eigenvalue weighted by molar-refractivity contribution is -0.116. The molecule has 0 saturated heterocycles. The first-order valence-electron chi connectivity index (χ1n) is 10.1. The molecule has 0 atom stereocenters. The molecule has 6 nitrogen and oxygen atoms in total. The Morgan fingerprint density at radius 2 is 1.55 bits per heavy atom. The van der Waals surface area contributed by atoms with Gasteiger partial charge in [-0.15, -0.1) is 0 Å². The Morgan fingerprint density at radius 3 is 2.39 bits per heavy atom. The minimum Gasteiger partial charge on any atom is -0.323 e. The van der Waals surface area contributed by atoms with Crippen LogP contribution in [-0.4, -0.2) is 25.4 Å². The van der Waals surface area contributed by atoms with Gasteiger partial charge in [0.1, 0.15) is 5.52 Å². The molecule has 3 aromatic heterocycles. The summed E-state index contributed by atoms with van der Waals surface area (Å²) in [5.41, 5.74) is 5.30. The second-order valence-electron chi connectivity index (χ2n) is 7.34. The van der Waals surface area contributed by atoms with Gasteiger partial charge < -0.3 is 9.88 Å². The van der Waals surface area contributed by atoms with Crippen LogP contribution in [0.5, 0.6) is 0 Å². The Labute approximate surface area is 181 Å². The average Bonchev–Trinajstić information content (AvgIpc) is 3.34. The first-order valence-corrected chi connectivity index (χ1v) is 10.9. The van der Waals surface area contributed by atoms with Crippen LogP contribution in [0.15, 0.2) is 72.8 Å². The number of carbonyl (C=O) groups is 1. The van der Waals surface area contributed by atoms with E-state index < -0.39 is 0 Å². The summed E-state index contributed by atoms with van der Waals surface area (Å²) in [7, 11) is 0. The van der Waals surface area contributed by atoms with Crippen molar-refractivity contribution in [2.24, 2.45) is 0 Å². The van der Waals surface area contributed by atoms with Crippen molar-refractivity contribution in [3.05, 3.63) is 72.8 Å². The summed E-state index contributed by atoms with van der Waals surface area (Å²) in [6.07, 6.45) is 0.318. The highest BCUT2D eigenvalue weighted by atomic mass is 32.1. The Kier molecular flexibility index (Phi) is 4.14. The van der Waals surface area contributed by atoms with Gasteiger partial charge >= 0.3 is 0 Å². The van der Waals surface area contributed by atoms with Gasteiger partial charge in [0.05, 0.1) is 26.8 Å². The van der Waals surface area contributed by atoms with E-state index in [9.17, 15) is 4.79 Å². The fourth-order valence-corrected chi connectivity index (χ4v) is 4.81. The van der Waals surface area contributed by atoms with E-state index in [-0.39, 0.29) is 5.91 Å². The van der Waals surface area contributed by atoms with Crippen molar-refractivity contribution in [1.29, 1.82) is 0 Å². The van der Waals surface area contributed by atoms with E-state index in [0.717, 1.165) is 43.3 Å². The third kappa shape index (κ3) is 3.10. The highest BCUT2D eigenvalue weighted by molar-refractivity contribution is 7.22. The zero-order valence-corrected chi connectivity index (χ0v) is 17.3. The van der Waals surface area contributed by atoms with E-state index in [2.05, 4.69) is 27.0 Å². The van der Waals surface area contributed by atoms with Gasteiger partial charge in [0.25, 0.3) is 0 Å². The number of aromatic nitrogens is 4. The van der Waals surface area contributed by atoms with Gasteiger partial charge in [0.15, 0.2) is 10.8 Å². The largest absolute Gasteiger partial charge is 0.323 e. The highest BCUT2D eigenvalue weighted by Crippen LogP contribution is 2.29. The van der Waals surface area contributed by atoms with E-state index in [0.29, 0.717) is 18.1 Å². The molecule has 1 N–H and O–H groups in total. The number of amides is 1. The Hall–Kier alpha value is -3.84. The zero-order valence-electron chi connectivity index (χ0n) is 16.4. The number of thiazole rings is 1. The van der Waals surface area contributed by atoms with Crippen molar-refractivity contribution in [3.63, 3.8) is 0 Å². The number of para-hydroxylation sites is 4. The maximum atomic E-state index is 12.7. The van der Waals surface area contributed by atoms with Crippen molar-refractivity contribution in [2.45, 2.75) is 13.0 Å². The number of rotatable bonds is 4. The maximum Gasteiger partial charge on any atom is 0.227 e. The molecule has 3 aromatic carbocycles. The molecule has 0 saturated carbocycles. The van der Waals surface area contributed by atoms with Gasteiger partial charge in [-0.2, -0.15) is 0 Å². The summed E-state index contributed by atoms with van der Waals surface area (Å²) in [6.45, 7) is 0.508. The maximum absolute atomic E-state index is 12.7. The minimum atomic E-state index is -0.0706. The van der Waals surface area contributed by atoms with Gasteiger partial charge in [-0.1, -0.05) is 53.8 Å². The highest BCUT2D eigenvalue weighted by Gasteiger charge is 2.15. The molecule has 0 aliphatic heterocycles. The molecule has 0 fully saturated rings. The summed E-state index contributed by atoms with van der Waals surface area (Å²) >= 11 is 1.48. The van der Waals surface area contributed by atoms with Crippen molar-refractivity contribution in [3.8, 4) is 0 Å². The van der Waals surface area contributed by atoms with Gasteiger partial charge in [-0.3, -0.25) is 4.79 Å². The quantitative estimate of drug-likeness (QED) is 0.413. The number of anilines is 1. The monoisotopic (exact) mass is 423 g/mol. The molecule has 150 valence electrons. The molecule has 0 aliphatic rings. The molecule has 0 bridgehead atoms. The van der Waals surface area contributed by atoms with Crippen LogP contribution in [0.25, 0.3) is 43.3 Å². The standard InChI is InChI=1S/C24H17N5OS/c30-21(28-24-27-18-10-4-6-12-20(18)31-24)13-14-29-19-11-5-1-7-15(19)22-23(29)26-17-9-3-2-8-16(17)25-22/h1-12H,13-14H2,(H,27,28,30). The van der Waals surface area contributed by atoms with E-state index in [1.807, 2.05) is 60.7 Å². The second-order valence-corrected chi connectivity index (χ2v) is 8.37. The SMILES string of the molecule is O=C(CCn1c2ccccc2c2nc3ccccc3nc21)Nc1nc2ccccc2s1. The van der Waals surface area contributed by atoms with Crippen LogP contribution in [0, 0.1) is 0 Å². The predicted molar refractivity (Wildman–Crippen MR) is 125 cm³/mol. The summed E-state index contributed by atoms with van der Waals surface area (Å²) in [6, 6.07) is 23.8. The van der Waals surface area contributed by atoms with Crippen LogP contribution in [-0.2, 0) is 11.3 Å². The number of carbonyl (C=O) groups excluding carboxylic acids is 1. The number of benzene rings is 3. The van der Waals surface area contributed by atoms with Crippen molar-refractivity contribution >= 4 is 65.7 Å². The van der Waals surface area contributed by atoms with Crippen LogP contribution < -0.4 is 5.32 Å². The third-order valence-electron chi connectivity index (χ3n) is 5.36. The number of fused-ring (bicyclic) bond motifs is 5. The molecule has 7 heteroatoms. The Bertz CT molecular complexity index is 1570. The second kappa shape index (κ2) is 7.14. The fraction of sp³-hybridized carbons (Fsp3) is 0.0833. The minimum absolute atomic E-state index is 0.0706. The van der Waals surface area contributed by atoms with Gasteiger partial charge in [0, 0.05) is 18.4 Å². The van der Waals surface area contributed by atoms with Crippen LogP contribution in [0.3, 0.4) is 0 Å². The molecule has 0 spiro atoms. The van der Waals surface area contributed by atoms with Crippen molar-refractivity contribution in [1.82, 2.24) is 19.5 Å². The lowest BCUT2D eigenvalue weighted by atomic mass is 10.2. The van der Waals surface area contributed by atoms with Crippen LogP contribution >= 0.6 is 11.3 Å². The van der Waals surface area contributed by atoms with E-state index in [1.54, 1.807) is 0 Å². The van der Waals surface area contributed by atoms with Gasteiger partial charge in [0.2, 0.25) is 5.91 Å². The first-order chi connectivity index (χ1) is 15.3. The molecule has 3 heterocycles. The van der Waals surface area contributed by atoms with E-state index >= 15 is 0 Å². The predicted octanol–water partition coefficient (Wildman–Crippen LogP) is 5.38. The molecule has 31 heavy (non-hydrogen) atoms. The lowest BCUT2D eigenvalue weighted by Crippen LogP contribution is -2.14. The topological polar surface area (TPSA) is 72.7 Å². The normalized spacial score (nSPS) is 11.6. The van der Waals surface area contributed by atoms with Crippen molar-refractivity contribution in [2.75, 3.05) is 5.32 Å². The number of nitrogens with one attached hydrogen (secondary N) is 1. The first kappa shape index (κ1) is 18.0. The molecule has 0 aliphatic carbocycles. The molecule has 0 unspecified atom stereocenters. The van der Waals surface area contributed by atoms with Crippen molar-refractivity contribution < 1.29 is 4.79 Å². The summed E-state index contributed by atoms with van der Waals surface area (Å²) in [5, 5.41) is 4.61. The number of nitrogens with zero attached hydrogens (tertiary/aromatic N) is 4. The smallest absolute Gasteiger partial charge is 0.227 e. The van der Waals surface area contributed by atoms with Crippen LogP contribution in [0.1, 0.15) is 6.42 Å². The molecular weight excluding hydrogens is 406 g/mol. The molecular formula is C24H17N5OS. The molecule has 1 amide bonds. The average molecular weight is 424 g/mol. The van der Waals surface area contributed by atoms with Gasteiger partial charge in [-0.05, 0) is 30.3 Å². The Morgan fingerprint density at radius 1 is 0.839 bits per heavy atom. The zero-order chi connectivity index (χ0) is 20.8.